The molecule has 0 saturated carbocycles. The number of benzene rings is 3. The van der Waals surface area contributed by atoms with Crippen LogP contribution in [0.2, 0.25) is 0 Å². The third-order valence-electron chi connectivity index (χ3n) is 6.31. The molecule has 1 saturated heterocycles. The Balaban J connectivity index is 1.84. The topological polar surface area (TPSA) is 85.3 Å². The number of nitrogens with zero attached hydrogens (tertiary/aromatic N) is 1. The second-order valence-corrected chi connectivity index (χ2v) is 10.2. The number of carbonyl (C=O) groups is 2. The predicted molar refractivity (Wildman–Crippen MR) is 150 cm³/mol. The molecule has 7 heteroatoms. The summed E-state index contributed by atoms with van der Waals surface area (Å²) in [5.41, 5.74) is 1.80. The van der Waals surface area contributed by atoms with Crippen molar-refractivity contribution in [1.29, 1.82) is 0 Å². The van der Waals surface area contributed by atoms with Crippen molar-refractivity contribution in [2.45, 2.75) is 46.4 Å². The van der Waals surface area contributed by atoms with E-state index < -0.39 is 17.7 Å². The van der Waals surface area contributed by atoms with Crippen LogP contribution in [0.5, 0.6) is 17.2 Å². The van der Waals surface area contributed by atoms with Gasteiger partial charge in [0.1, 0.15) is 23.0 Å². The number of rotatable bonds is 10. The number of hydrogen-bond acceptors (Lipinski definition) is 6. The van der Waals surface area contributed by atoms with E-state index in [1.54, 1.807) is 43.5 Å². The van der Waals surface area contributed by atoms with E-state index in [4.69, 9.17) is 14.2 Å². The molecular formula is C32H35NO6. The van der Waals surface area contributed by atoms with Crippen molar-refractivity contribution in [1.82, 2.24) is 4.90 Å². The summed E-state index contributed by atoms with van der Waals surface area (Å²) in [5.74, 6) is 0.388. The Morgan fingerprint density at radius 1 is 0.923 bits per heavy atom. The third-order valence-corrected chi connectivity index (χ3v) is 6.31. The lowest BCUT2D eigenvalue weighted by Gasteiger charge is -2.26. The minimum atomic E-state index is -0.842. The largest absolute Gasteiger partial charge is 0.507 e. The molecule has 1 fully saturated rings. The number of ketones is 1. The van der Waals surface area contributed by atoms with Crippen LogP contribution >= 0.6 is 0 Å². The van der Waals surface area contributed by atoms with Gasteiger partial charge in [-0.05, 0) is 55.7 Å². The number of hydrogen-bond donors (Lipinski definition) is 1. The number of para-hydroxylation sites is 1. The number of amides is 1. The lowest BCUT2D eigenvalue weighted by atomic mass is 9.95. The van der Waals surface area contributed by atoms with Crippen LogP contribution in [-0.4, -0.2) is 41.5 Å². The summed E-state index contributed by atoms with van der Waals surface area (Å²) in [6.07, 6.45) is -0.0613. The highest BCUT2D eigenvalue weighted by molar-refractivity contribution is 6.46. The first-order valence-electron chi connectivity index (χ1n) is 13.1. The quantitative estimate of drug-likeness (QED) is 0.193. The molecule has 0 aliphatic carbocycles. The molecule has 4 rings (SSSR count). The van der Waals surface area contributed by atoms with Crippen molar-refractivity contribution >= 4 is 17.4 Å². The molecule has 39 heavy (non-hydrogen) atoms. The van der Waals surface area contributed by atoms with Crippen molar-refractivity contribution in [3.63, 3.8) is 0 Å². The molecule has 1 amide bonds. The van der Waals surface area contributed by atoms with E-state index >= 15 is 0 Å². The van der Waals surface area contributed by atoms with E-state index in [1.165, 1.54) is 4.90 Å². The maximum absolute atomic E-state index is 13.5. The number of Topliss-reactive ketones (excluding diaryl/α,β-unsaturated/α-hetero) is 1. The second kappa shape index (κ2) is 12.1. The van der Waals surface area contributed by atoms with Crippen LogP contribution in [-0.2, 0) is 16.1 Å². The average Bonchev–Trinajstić information content (AvgIpc) is 3.16. The Labute approximate surface area is 229 Å². The van der Waals surface area contributed by atoms with E-state index in [1.807, 2.05) is 64.1 Å². The Kier molecular flexibility index (Phi) is 8.59. The number of ether oxygens (including phenoxy) is 3. The maximum Gasteiger partial charge on any atom is 0.295 e. The number of aliphatic hydroxyl groups excluding tert-OH is 1. The molecule has 1 unspecified atom stereocenters. The van der Waals surface area contributed by atoms with E-state index in [0.29, 0.717) is 40.9 Å². The lowest BCUT2D eigenvalue weighted by Crippen LogP contribution is -2.29. The molecule has 3 aromatic carbocycles. The van der Waals surface area contributed by atoms with Crippen LogP contribution in [0.3, 0.4) is 0 Å². The summed E-state index contributed by atoms with van der Waals surface area (Å²) < 4.78 is 17.2. The first-order valence-corrected chi connectivity index (χ1v) is 13.1. The SMILES string of the molecule is COc1ccccc1CN1C(=O)C(=O)/C(=C(\O)c2cccc(OCC(C)C)c2)C1c1cccc(OC(C)C)c1. The molecule has 0 aromatic heterocycles. The minimum absolute atomic E-state index is 0.0117. The monoisotopic (exact) mass is 529 g/mol. The Bertz CT molecular complexity index is 1380. The first kappa shape index (κ1) is 27.8. The number of carbonyl (C=O) groups excluding carboxylic acids is 2. The number of likely N-dealkylation sites (tertiary alicyclic amines) is 1. The molecule has 204 valence electrons. The van der Waals surface area contributed by atoms with Crippen molar-refractivity contribution in [3.05, 3.63) is 95.1 Å². The van der Waals surface area contributed by atoms with Crippen molar-refractivity contribution < 1.29 is 28.9 Å². The molecule has 7 nitrogen and oxygen atoms in total. The highest BCUT2D eigenvalue weighted by Crippen LogP contribution is 2.42. The fraction of sp³-hybridized carbons (Fsp3) is 0.312. The van der Waals surface area contributed by atoms with Gasteiger partial charge in [0.15, 0.2) is 0 Å². The van der Waals surface area contributed by atoms with Crippen molar-refractivity contribution in [3.8, 4) is 17.2 Å². The molecule has 1 heterocycles. The van der Waals surface area contributed by atoms with E-state index in [-0.39, 0.29) is 24.0 Å². The zero-order valence-electron chi connectivity index (χ0n) is 23.0. The lowest BCUT2D eigenvalue weighted by molar-refractivity contribution is -0.140. The fourth-order valence-electron chi connectivity index (χ4n) is 4.59. The zero-order valence-corrected chi connectivity index (χ0v) is 23.0. The second-order valence-electron chi connectivity index (χ2n) is 10.2. The standard InChI is InChI=1S/C32H35NO6/c1-20(2)19-38-25-13-9-12-23(17-25)30(34)28-29(22-11-8-14-26(16-22)39-21(3)4)33(32(36)31(28)35)18-24-10-6-7-15-27(24)37-5/h6-17,20-21,29,34H,18-19H2,1-5H3/b30-28-. The zero-order chi connectivity index (χ0) is 28.1. The van der Waals surface area contributed by atoms with Gasteiger partial charge in [0, 0.05) is 11.1 Å². The van der Waals surface area contributed by atoms with Crippen LogP contribution < -0.4 is 14.2 Å². The van der Waals surface area contributed by atoms with Crippen LogP contribution in [0.1, 0.15) is 50.4 Å². The molecule has 1 aliphatic heterocycles. The molecule has 1 aliphatic rings. The van der Waals surface area contributed by atoms with Gasteiger partial charge in [-0.15, -0.1) is 0 Å². The summed E-state index contributed by atoms with van der Waals surface area (Å²) in [4.78, 5) is 28.5. The van der Waals surface area contributed by atoms with Gasteiger partial charge in [0.2, 0.25) is 0 Å². The van der Waals surface area contributed by atoms with Crippen LogP contribution in [0.4, 0.5) is 0 Å². The molecule has 0 bridgehead atoms. The smallest absolute Gasteiger partial charge is 0.295 e. The van der Waals surface area contributed by atoms with Crippen LogP contribution in [0.25, 0.3) is 5.76 Å². The first-order chi connectivity index (χ1) is 18.7. The van der Waals surface area contributed by atoms with E-state index in [2.05, 4.69) is 0 Å². The highest BCUT2D eigenvalue weighted by Gasteiger charge is 2.46. The van der Waals surface area contributed by atoms with Gasteiger partial charge in [-0.2, -0.15) is 0 Å². The Morgan fingerprint density at radius 2 is 1.64 bits per heavy atom. The van der Waals surface area contributed by atoms with Gasteiger partial charge in [-0.25, -0.2) is 0 Å². The molecule has 0 spiro atoms. The summed E-state index contributed by atoms with van der Waals surface area (Å²) in [6.45, 7) is 8.57. The number of methoxy groups -OCH3 is 1. The predicted octanol–water partition coefficient (Wildman–Crippen LogP) is 6.14. The fourth-order valence-corrected chi connectivity index (χ4v) is 4.59. The maximum atomic E-state index is 13.5. The van der Waals surface area contributed by atoms with Gasteiger partial charge in [0.25, 0.3) is 11.7 Å². The highest BCUT2D eigenvalue weighted by atomic mass is 16.5. The summed E-state index contributed by atoms with van der Waals surface area (Å²) in [7, 11) is 1.56. The Hall–Kier alpha value is -4.26. The summed E-state index contributed by atoms with van der Waals surface area (Å²) in [6, 6.07) is 20.7. The number of aliphatic hydroxyl groups is 1. The van der Waals surface area contributed by atoms with Gasteiger partial charge in [-0.1, -0.05) is 56.3 Å². The van der Waals surface area contributed by atoms with E-state index in [0.717, 1.165) is 5.56 Å². The van der Waals surface area contributed by atoms with Gasteiger partial charge >= 0.3 is 0 Å². The van der Waals surface area contributed by atoms with Crippen LogP contribution in [0, 0.1) is 5.92 Å². The minimum Gasteiger partial charge on any atom is -0.507 e. The van der Waals surface area contributed by atoms with Crippen molar-refractivity contribution in [2.75, 3.05) is 13.7 Å². The molecular weight excluding hydrogens is 494 g/mol. The summed E-state index contributed by atoms with van der Waals surface area (Å²) in [5, 5.41) is 11.5. The molecule has 0 radical (unpaired) electrons. The Morgan fingerprint density at radius 3 is 2.36 bits per heavy atom. The van der Waals surface area contributed by atoms with Gasteiger partial charge in [0.05, 0.1) is 38.0 Å². The molecule has 1 N–H and O–H groups in total. The molecule has 1 atom stereocenters. The van der Waals surface area contributed by atoms with E-state index in [9.17, 15) is 14.7 Å². The van der Waals surface area contributed by atoms with Gasteiger partial charge < -0.3 is 24.2 Å². The average molecular weight is 530 g/mol. The normalized spacial score (nSPS) is 16.7. The van der Waals surface area contributed by atoms with Gasteiger partial charge in [-0.3, -0.25) is 9.59 Å². The summed E-state index contributed by atoms with van der Waals surface area (Å²) >= 11 is 0. The van der Waals surface area contributed by atoms with Crippen molar-refractivity contribution in [2.24, 2.45) is 5.92 Å². The third kappa shape index (κ3) is 6.25. The molecule has 3 aromatic rings. The van der Waals surface area contributed by atoms with Crippen LogP contribution in [0.15, 0.2) is 78.4 Å².